The molecule has 0 radical (unpaired) electrons. The fraction of sp³-hybridized carbons (Fsp3) is 0.286. The maximum absolute atomic E-state index is 13.1. The van der Waals surface area contributed by atoms with Crippen LogP contribution in [0.5, 0.6) is 0 Å². The normalized spacial score (nSPS) is 19.3. The van der Waals surface area contributed by atoms with Crippen molar-refractivity contribution in [2.24, 2.45) is 0 Å². The van der Waals surface area contributed by atoms with Gasteiger partial charge >= 0.3 is 6.03 Å². The molecule has 0 spiro atoms. The van der Waals surface area contributed by atoms with Crippen LogP contribution in [0.2, 0.25) is 0 Å². The van der Waals surface area contributed by atoms with E-state index in [2.05, 4.69) is 22.4 Å². The lowest BCUT2D eigenvalue weighted by Gasteiger charge is -2.21. The molecule has 1 N–H and O–H groups in total. The maximum Gasteiger partial charge on any atom is 0.325 e. The van der Waals surface area contributed by atoms with E-state index >= 15 is 0 Å². The van der Waals surface area contributed by atoms with Crippen LogP contribution >= 0.6 is 11.3 Å². The third-order valence-electron chi connectivity index (χ3n) is 4.97. The number of hydrogen-bond donors (Lipinski definition) is 1. The second-order valence-corrected chi connectivity index (χ2v) is 8.11. The second-order valence-electron chi connectivity index (χ2n) is 7.17. The molecule has 3 aromatic rings. The van der Waals surface area contributed by atoms with Crippen LogP contribution in [0.3, 0.4) is 0 Å². The van der Waals surface area contributed by atoms with E-state index in [9.17, 15) is 9.59 Å². The minimum atomic E-state index is -1.12. The molecular weight excluding hydrogens is 374 g/mol. The number of aromatic nitrogens is 1. The zero-order valence-electron chi connectivity index (χ0n) is 16.0. The second kappa shape index (κ2) is 6.91. The number of imide groups is 1. The minimum Gasteiger partial charge on any atom is -0.466 e. The van der Waals surface area contributed by atoms with Crippen molar-refractivity contribution >= 4 is 23.3 Å². The van der Waals surface area contributed by atoms with E-state index in [1.54, 1.807) is 19.9 Å². The molecule has 1 fully saturated rings. The lowest BCUT2D eigenvalue weighted by Crippen LogP contribution is -2.41. The van der Waals surface area contributed by atoms with Crippen LogP contribution < -0.4 is 5.32 Å². The largest absolute Gasteiger partial charge is 0.466 e. The van der Waals surface area contributed by atoms with Crippen LogP contribution in [-0.2, 0) is 23.3 Å². The highest BCUT2D eigenvalue weighted by molar-refractivity contribution is 7.09. The van der Waals surface area contributed by atoms with Gasteiger partial charge in [0.2, 0.25) is 0 Å². The number of benzene rings is 1. The van der Waals surface area contributed by atoms with Gasteiger partial charge in [-0.15, -0.1) is 11.3 Å². The Morgan fingerprint density at radius 1 is 1.21 bits per heavy atom. The maximum atomic E-state index is 13.1. The number of thiazole rings is 1. The molecule has 6 nitrogen and oxygen atoms in total. The molecule has 144 valence electrons. The average Bonchev–Trinajstić information content (AvgIpc) is 3.30. The van der Waals surface area contributed by atoms with Crippen LogP contribution in [0.4, 0.5) is 4.79 Å². The molecule has 7 heteroatoms. The van der Waals surface area contributed by atoms with Gasteiger partial charge in [-0.2, -0.15) is 0 Å². The molecule has 3 amide bonds. The number of nitrogens with one attached hydrogen (secondary N) is 1. The van der Waals surface area contributed by atoms with Crippen LogP contribution in [0.15, 0.2) is 46.2 Å². The monoisotopic (exact) mass is 395 g/mol. The standard InChI is InChI=1S/C21H21N3O3S/c1-13-9-17(14(2)27-13)21(3)19(25)24(20(26)23-21)11-16-12-28-18(22-16)10-15-7-5-4-6-8-15/h4-9,12H,10-11H2,1-3H3,(H,23,26). The SMILES string of the molecule is Cc1cc(C2(C)NC(=O)N(Cc3csc(Cc4ccccc4)n3)C2=O)c(C)o1. The van der Waals surface area contributed by atoms with E-state index in [-0.39, 0.29) is 12.5 Å². The number of carbonyl (C=O) groups is 2. The highest BCUT2D eigenvalue weighted by atomic mass is 32.1. The smallest absolute Gasteiger partial charge is 0.325 e. The van der Waals surface area contributed by atoms with Crippen molar-refractivity contribution < 1.29 is 14.0 Å². The molecule has 1 saturated heterocycles. The van der Waals surface area contributed by atoms with E-state index in [1.165, 1.54) is 21.8 Å². The Labute approximate surface area is 167 Å². The Kier molecular flexibility index (Phi) is 4.55. The lowest BCUT2D eigenvalue weighted by molar-refractivity contribution is -0.131. The number of hydrogen-bond acceptors (Lipinski definition) is 5. The average molecular weight is 395 g/mol. The van der Waals surface area contributed by atoms with E-state index in [0.717, 1.165) is 11.4 Å². The summed E-state index contributed by atoms with van der Waals surface area (Å²) in [6, 6.07) is 11.5. The minimum absolute atomic E-state index is 0.154. The molecule has 28 heavy (non-hydrogen) atoms. The lowest BCUT2D eigenvalue weighted by atomic mass is 9.92. The van der Waals surface area contributed by atoms with Crippen molar-refractivity contribution in [2.75, 3.05) is 0 Å². The van der Waals surface area contributed by atoms with E-state index in [4.69, 9.17) is 4.42 Å². The summed E-state index contributed by atoms with van der Waals surface area (Å²) < 4.78 is 5.56. The summed E-state index contributed by atoms with van der Waals surface area (Å²) in [6.07, 6.45) is 0.733. The third kappa shape index (κ3) is 3.22. The van der Waals surface area contributed by atoms with Crippen molar-refractivity contribution in [3.63, 3.8) is 0 Å². The molecule has 2 aromatic heterocycles. The molecule has 1 atom stereocenters. The van der Waals surface area contributed by atoms with Crippen molar-refractivity contribution in [3.05, 3.63) is 75.1 Å². The molecule has 1 aliphatic rings. The zero-order valence-corrected chi connectivity index (χ0v) is 16.8. The Morgan fingerprint density at radius 2 is 1.96 bits per heavy atom. The topological polar surface area (TPSA) is 75.4 Å². The van der Waals surface area contributed by atoms with Gasteiger partial charge in [-0.3, -0.25) is 9.69 Å². The van der Waals surface area contributed by atoms with E-state index in [1.807, 2.05) is 30.5 Å². The first-order chi connectivity index (χ1) is 13.4. The summed E-state index contributed by atoms with van der Waals surface area (Å²) >= 11 is 1.54. The molecule has 0 bridgehead atoms. The molecule has 0 aliphatic carbocycles. The first kappa shape index (κ1) is 18.4. The van der Waals surface area contributed by atoms with Gasteiger partial charge in [-0.1, -0.05) is 30.3 Å². The van der Waals surface area contributed by atoms with Crippen LogP contribution in [0.1, 0.15) is 40.3 Å². The van der Waals surface area contributed by atoms with Gasteiger partial charge < -0.3 is 9.73 Å². The van der Waals surface area contributed by atoms with E-state index < -0.39 is 11.6 Å². The zero-order chi connectivity index (χ0) is 19.9. The molecule has 0 saturated carbocycles. The predicted octanol–water partition coefficient (Wildman–Crippen LogP) is 3.91. The van der Waals surface area contributed by atoms with Gasteiger partial charge in [0.05, 0.1) is 17.2 Å². The van der Waals surface area contributed by atoms with Gasteiger partial charge in [0.25, 0.3) is 5.91 Å². The summed E-state index contributed by atoms with van der Waals surface area (Å²) in [5.74, 6) is 1.05. The highest BCUT2D eigenvalue weighted by Crippen LogP contribution is 2.33. The third-order valence-corrected chi connectivity index (χ3v) is 5.87. The number of nitrogens with zero attached hydrogens (tertiary/aromatic N) is 2. The fourth-order valence-electron chi connectivity index (χ4n) is 3.59. The fourth-order valence-corrected chi connectivity index (χ4v) is 4.40. The molecule has 1 aromatic carbocycles. The Balaban J connectivity index is 1.52. The number of urea groups is 1. The molecular formula is C21H21N3O3S. The summed E-state index contributed by atoms with van der Waals surface area (Å²) in [5.41, 5.74) is 1.45. The Hall–Kier alpha value is -2.93. The molecule has 1 unspecified atom stereocenters. The van der Waals surface area contributed by atoms with Crippen LogP contribution in [-0.4, -0.2) is 21.8 Å². The van der Waals surface area contributed by atoms with Crippen molar-refractivity contribution in [2.45, 2.75) is 39.3 Å². The summed E-state index contributed by atoms with van der Waals surface area (Å²) in [6.45, 7) is 5.49. The van der Waals surface area contributed by atoms with Gasteiger partial charge in [-0.25, -0.2) is 9.78 Å². The Morgan fingerprint density at radius 3 is 2.64 bits per heavy atom. The number of carbonyl (C=O) groups excluding carboxylic acids is 2. The molecule has 4 rings (SSSR count). The summed E-state index contributed by atoms with van der Waals surface area (Å²) in [7, 11) is 0. The van der Waals surface area contributed by atoms with Crippen LogP contribution in [0.25, 0.3) is 0 Å². The van der Waals surface area contributed by atoms with Gasteiger partial charge in [0.1, 0.15) is 17.1 Å². The van der Waals surface area contributed by atoms with Gasteiger partial charge in [0, 0.05) is 17.4 Å². The molecule has 3 heterocycles. The first-order valence-electron chi connectivity index (χ1n) is 9.05. The van der Waals surface area contributed by atoms with Crippen molar-refractivity contribution in [3.8, 4) is 0 Å². The van der Waals surface area contributed by atoms with E-state index in [0.29, 0.717) is 22.8 Å². The molecule has 1 aliphatic heterocycles. The predicted molar refractivity (Wildman–Crippen MR) is 106 cm³/mol. The number of amides is 3. The van der Waals surface area contributed by atoms with Crippen molar-refractivity contribution in [1.82, 2.24) is 15.2 Å². The number of rotatable bonds is 5. The quantitative estimate of drug-likeness (QED) is 0.665. The number of aryl methyl sites for hydroxylation is 2. The highest BCUT2D eigenvalue weighted by Gasteiger charge is 2.50. The summed E-state index contributed by atoms with van der Waals surface area (Å²) in [4.78, 5) is 31.4. The van der Waals surface area contributed by atoms with Gasteiger partial charge in [0.15, 0.2) is 0 Å². The summed E-state index contributed by atoms with van der Waals surface area (Å²) in [5, 5.41) is 5.68. The number of furan rings is 1. The van der Waals surface area contributed by atoms with Gasteiger partial charge in [-0.05, 0) is 32.4 Å². The Bertz CT molecular complexity index is 1040. The van der Waals surface area contributed by atoms with Crippen molar-refractivity contribution in [1.29, 1.82) is 0 Å². The first-order valence-corrected chi connectivity index (χ1v) is 9.93. The van der Waals surface area contributed by atoms with Crippen LogP contribution in [0, 0.1) is 13.8 Å².